The fourth-order valence-electron chi connectivity index (χ4n) is 3.01. The van der Waals surface area contributed by atoms with Crippen LogP contribution in [-0.4, -0.2) is 28.0 Å². The van der Waals surface area contributed by atoms with Crippen LogP contribution in [0, 0.1) is 18.8 Å². The molecule has 3 heterocycles. The highest BCUT2D eigenvalue weighted by molar-refractivity contribution is 5.79. The summed E-state index contributed by atoms with van der Waals surface area (Å²) in [5, 5.41) is 0. The van der Waals surface area contributed by atoms with E-state index in [1.165, 1.54) is 19.3 Å². The lowest BCUT2D eigenvalue weighted by atomic mass is 10.1. The topological polar surface area (TPSA) is 44.8 Å². The number of hydrogen-bond acceptors (Lipinski definition) is 3. The minimum absolute atomic E-state index is 0.791. The minimum atomic E-state index is 0.791. The summed E-state index contributed by atoms with van der Waals surface area (Å²) >= 11 is 0. The van der Waals surface area contributed by atoms with E-state index in [9.17, 15) is 0 Å². The molecular formula is C20H20N4. The molecule has 0 unspecified atom stereocenters. The number of rotatable bonds is 1. The van der Waals surface area contributed by atoms with Gasteiger partial charge in [-0.3, -0.25) is 0 Å². The van der Waals surface area contributed by atoms with E-state index in [1.807, 2.05) is 37.4 Å². The van der Waals surface area contributed by atoms with Gasteiger partial charge in [-0.25, -0.2) is 9.97 Å². The molecule has 0 bridgehead atoms. The van der Waals surface area contributed by atoms with E-state index in [2.05, 4.69) is 32.8 Å². The molecule has 1 aromatic carbocycles. The van der Waals surface area contributed by atoms with Crippen LogP contribution in [0.25, 0.3) is 11.0 Å². The van der Waals surface area contributed by atoms with Crippen molar-refractivity contribution in [1.29, 1.82) is 0 Å². The van der Waals surface area contributed by atoms with E-state index in [-0.39, 0.29) is 0 Å². The maximum Gasteiger partial charge on any atom is 0.203 e. The van der Waals surface area contributed by atoms with Crippen LogP contribution in [0.5, 0.6) is 0 Å². The molecule has 4 nitrogen and oxygen atoms in total. The molecule has 2 aromatic heterocycles. The Morgan fingerprint density at radius 3 is 2.71 bits per heavy atom. The second kappa shape index (κ2) is 6.37. The minimum Gasteiger partial charge on any atom is -0.342 e. The molecule has 3 aromatic rings. The fraction of sp³-hybridized carbons (Fsp3) is 0.300. The first-order chi connectivity index (χ1) is 11.8. The Hall–Kier alpha value is -2.80. The van der Waals surface area contributed by atoms with Crippen molar-refractivity contribution in [1.82, 2.24) is 15.0 Å². The molecule has 4 heteroatoms. The average Bonchev–Trinajstić information content (AvgIpc) is 3.05. The number of aromatic amines is 1. The van der Waals surface area contributed by atoms with Crippen molar-refractivity contribution in [3.8, 4) is 11.8 Å². The number of imidazole rings is 1. The van der Waals surface area contributed by atoms with Gasteiger partial charge in [-0.2, -0.15) is 0 Å². The first-order valence-corrected chi connectivity index (χ1v) is 8.47. The van der Waals surface area contributed by atoms with Gasteiger partial charge in [0.1, 0.15) is 5.69 Å². The molecule has 1 aliphatic heterocycles. The number of nitrogens with one attached hydrogen (secondary N) is 1. The van der Waals surface area contributed by atoms with E-state index >= 15 is 0 Å². The number of pyridine rings is 1. The zero-order valence-corrected chi connectivity index (χ0v) is 13.8. The number of hydrogen-bond donors (Lipinski definition) is 1. The summed E-state index contributed by atoms with van der Waals surface area (Å²) < 4.78 is 0. The van der Waals surface area contributed by atoms with E-state index in [1.54, 1.807) is 0 Å². The van der Waals surface area contributed by atoms with Crippen molar-refractivity contribution in [2.75, 3.05) is 18.0 Å². The van der Waals surface area contributed by atoms with Crippen LogP contribution < -0.4 is 4.90 Å². The van der Waals surface area contributed by atoms with Crippen molar-refractivity contribution in [2.45, 2.75) is 26.2 Å². The van der Waals surface area contributed by atoms with Gasteiger partial charge in [-0.15, -0.1) is 0 Å². The largest absolute Gasteiger partial charge is 0.342 e. The Morgan fingerprint density at radius 1 is 1.04 bits per heavy atom. The Balaban J connectivity index is 1.60. The predicted molar refractivity (Wildman–Crippen MR) is 97.1 cm³/mol. The predicted octanol–water partition coefficient (Wildman–Crippen LogP) is 3.66. The first kappa shape index (κ1) is 14.8. The molecular weight excluding hydrogens is 296 g/mol. The van der Waals surface area contributed by atoms with Crippen LogP contribution >= 0.6 is 0 Å². The molecule has 24 heavy (non-hydrogen) atoms. The second-order valence-electron chi connectivity index (χ2n) is 6.31. The summed E-state index contributed by atoms with van der Waals surface area (Å²) in [4.78, 5) is 14.8. The number of benzene rings is 1. The highest BCUT2D eigenvalue weighted by Crippen LogP contribution is 2.21. The van der Waals surface area contributed by atoms with Crippen LogP contribution in [0.15, 0.2) is 36.5 Å². The summed E-state index contributed by atoms with van der Waals surface area (Å²) in [7, 11) is 0. The smallest absolute Gasteiger partial charge is 0.203 e. The van der Waals surface area contributed by atoms with Gasteiger partial charge >= 0.3 is 0 Å². The van der Waals surface area contributed by atoms with E-state index in [4.69, 9.17) is 4.98 Å². The molecule has 1 fully saturated rings. The number of H-pyrrole nitrogens is 1. The number of piperidine rings is 1. The zero-order chi connectivity index (χ0) is 16.4. The van der Waals surface area contributed by atoms with Crippen molar-refractivity contribution in [2.24, 2.45) is 0 Å². The van der Waals surface area contributed by atoms with Crippen molar-refractivity contribution in [3.05, 3.63) is 53.3 Å². The molecule has 1 saturated heterocycles. The lowest BCUT2D eigenvalue weighted by Gasteiger charge is -2.25. The van der Waals surface area contributed by atoms with Crippen molar-refractivity contribution >= 4 is 17.0 Å². The van der Waals surface area contributed by atoms with E-state index in [0.717, 1.165) is 46.9 Å². The van der Waals surface area contributed by atoms with Gasteiger partial charge in [0, 0.05) is 24.8 Å². The molecule has 0 aliphatic carbocycles. The summed E-state index contributed by atoms with van der Waals surface area (Å²) in [5.41, 5.74) is 4.94. The molecule has 4 rings (SSSR count). The van der Waals surface area contributed by atoms with Crippen LogP contribution in [0.2, 0.25) is 0 Å². The van der Waals surface area contributed by atoms with Crippen LogP contribution in [0.3, 0.4) is 0 Å². The maximum absolute atomic E-state index is 4.72. The molecule has 0 saturated carbocycles. The third-order valence-electron chi connectivity index (χ3n) is 4.37. The molecule has 1 aliphatic rings. The summed E-state index contributed by atoms with van der Waals surface area (Å²) in [5.74, 6) is 7.29. The van der Waals surface area contributed by atoms with Crippen molar-refractivity contribution < 1.29 is 0 Å². The van der Waals surface area contributed by atoms with Gasteiger partial charge < -0.3 is 9.88 Å². The number of anilines is 1. The summed E-state index contributed by atoms with van der Waals surface area (Å²) in [6, 6.07) is 10.1. The third-order valence-corrected chi connectivity index (χ3v) is 4.37. The number of aromatic nitrogens is 3. The Kier molecular flexibility index (Phi) is 3.92. The highest BCUT2D eigenvalue weighted by Gasteiger charge is 2.14. The molecule has 1 N–H and O–H groups in total. The van der Waals surface area contributed by atoms with Gasteiger partial charge in [0.05, 0.1) is 11.0 Å². The summed E-state index contributed by atoms with van der Waals surface area (Å²) in [6.45, 7) is 4.20. The summed E-state index contributed by atoms with van der Waals surface area (Å²) in [6.07, 6.45) is 5.66. The number of fused-ring (bicyclic) bond motifs is 1. The van der Waals surface area contributed by atoms with Gasteiger partial charge in [0.2, 0.25) is 5.95 Å². The standard InChI is InChI=1S/C20H20N4/c1-15-5-8-17(21-14-15)9-6-16-7-10-18-19(13-16)23-20(22-18)24-11-3-2-4-12-24/h5,7-8,10,13-14H,2-4,11-12H2,1H3,(H,22,23). The molecule has 0 spiro atoms. The zero-order valence-electron chi connectivity index (χ0n) is 13.8. The van der Waals surface area contributed by atoms with Crippen molar-refractivity contribution in [3.63, 3.8) is 0 Å². The third kappa shape index (κ3) is 3.11. The van der Waals surface area contributed by atoms with Gasteiger partial charge in [0.15, 0.2) is 0 Å². The average molecular weight is 316 g/mol. The Morgan fingerprint density at radius 2 is 1.92 bits per heavy atom. The lowest BCUT2D eigenvalue weighted by Crippen LogP contribution is -2.30. The molecule has 120 valence electrons. The van der Waals surface area contributed by atoms with Crippen LogP contribution in [0.1, 0.15) is 36.1 Å². The van der Waals surface area contributed by atoms with Gasteiger partial charge in [0.25, 0.3) is 0 Å². The van der Waals surface area contributed by atoms with E-state index in [0.29, 0.717) is 0 Å². The Bertz CT molecular complexity index is 906. The number of aryl methyl sites for hydroxylation is 1. The molecule has 0 radical (unpaired) electrons. The quantitative estimate of drug-likeness (QED) is 0.697. The number of nitrogens with zero attached hydrogens (tertiary/aromatic N) is 3. The van der Waals surface area contributed by atoms with Crippen LogP contribution in [0.4, 0.5) is 5.95 Å². The van der Waals surface area contributed by atoms with Crippen LogP contribution in [-0.2, 0) is 0 Å². The first-order valence-electron chi connectivity index (χ1n) is 8.47. The maximum atomic E-state index is 4.72. The second-order valence-corrected chi connectivity index (χ2v) is 6.31. The monoisotopic (exact) mass is 316 g/mol. The van der Waals surface area contributed by atoms with E-state index < -0.39 is 0 Å². The molecule has 0 amide bonds. The highest BCUT2D eigenvalue weighted by atomic mass is 15.3. The van der Waals surface area contributed by atoms with Gasteiger partial charge in [-0.1, -0.05) is 12.0 Å². The Labute approximate surface area is 141 Å². The van der Waals surface area contributed by atoms with Gasteiger partial charge in [-0.05, 0) is 61.9 Å². The SMILES string of the molecule is Cc1ccc(C#Cc2ccc3nc(N4CCCCC4)[nH]c3c2)nc1. The fourth-order valence-corrected chi connectivity index (χ4v) is 3.01. The lowest BCUT2D eigenvalue weighted by molar-refractivity contribution is 0.570. The normalized spacial score (nSPS) is 14.5. The molecule has 0 atom stereocenters.